The zero-order valence-electron chi connectivity index (χ0n) is 12.7. The SMILES string of the molecule is Cc1nn(C)c(C)c1C(=O)N(CCC(N)=NO)C(C)C. The molecular formula is C13H23N5O2. The number of nitrogens with two attached hydrogens (primary N) is 1. The van der Waals surface area contributed by atoms with Crippen LogP contribution < -0.4 is 5.73 Å². The molecule has 1 aromatic rings. The third-order valence-electron chi connectivity index (χ3n) is 3.34. The molecule has 112 valence electrons. The average molecular weight is 281 g/mol. The van der Waals surface area contributed by atoms with Crippen LogP contribution in [-0.4, -0.2) is 44.2 Å². The number of amidine groups is 1. The number of hydrogen-bond donors (Lipinski definition) is 2. The fourth-order valence-corrected chi connectivity index (χ4v) is 2.11. The third-order valence-corrected chi connectivity index (χ3v) is 3.34. The second-order valence-corrected chi connectivity index (χ2v) is 5.10. The molecule has 0 bridgehead atoms. The zero-order valence-corrected chi connectivity index (χ0v) is 12.7. The number of oxime groups is 1. The fraction of sp³-hybridized carbons (Fsp3) is 0.615. The first kappa shape index (κ1) is 16.0. The minimum atomic E-state index is -0.0751. The summed E-state index contributed by atoms with van der Waals surface area (Å²) >= 11 is 0. The van der Waals surface area contributed by atoms with Crippen LogP contribution in [0.2, 0.25) is 0 Å². The van der Waals surface area contributed by atoms with Gasteiger partial charge in [0.1, 0.15) is 5.84 Å². The van der Waals surface area contributed by atoms with Crippen molar-refractivity contribution in [3.05, 3.63) is 17.0 Å². The maximum absolute atomic E-state index is 12.7. The summed E-state index contributed by atoms with van der Waals surface area (Å²) < 4.78 is 1.70. The molecule has 0 fully saturated rings. The molecule has 0 saturated carbocycles. The highest BCUT2D eigenvalue weighted by Crippen LogP contribution is 2.16. The molecule has 0 radical (unpaired) electrons. The van der Waals surface area contributed by atoms with E-state index in [2.05, 4.69) is 10.3 Å². The van der Waals surface area contributed by atoms with Crippen LogP contribution in [0.1, 0.15) is 42.0 Å². The Kier molecular flexibility index (Phi) is 5.12. The average Bonchev–Trinajstić information content (AvgIpc) is 2.62. The number of amides is 1. The Hall–Kier alpha value is -2.05. The summed E-state index contributed by atoms with van der Waals surface area (Å²) in [6.45, 7) is 7.97. The number of nitrogens with zero attached hydrogens (tertiary/aromatic N) is 4. The van der Waals surface area contributed by atoms with Crippen LogP contribution in [-0.2, 0) is 7.05 Å². The van der Waals surface area contributed by atoms with Gasteiger partial charge in [-0.25, -0.2) is 0 Å². The summed E-state index contributed by atoms with van der Waals surface area (Å²) in [4.78, 5) is 14.4. The molecule has 0 saturated heterocycles. The van der Waals surface area contributed by atoms with Crippen LogP contribution in [0.25, 0.3) is 0 Å². The van der Waals surface area contributed by atoms with Crippen molar-refractivity contribution in [2.45, 2.75) is 40.2 Å². The topological polar surface area (TPSA) is 96.7 Å². The molecule has 1 heterocycles. The Morgan fingerprint density at radius 3 is 2.50 bits per heavy atom. The maximum atomic E-state index is 12.7. The molecule has 3 N–H and O–H groups in total. The van der Waals surface area contributed by atoms with Gasteiger partial charge in [0.15, 0.2) is 0 Å². The van der Waals surface area contributed by atoms with E-state index < -0.39 is 0 Å². The Labute approximate surface area is 119 Å². The normalized spacial score (nSPS) is 12.0. The van der Waals surface area contributed by atoms with Crippen molar-refractivity contribution in [3.63, 3.8) is 0 Å². The van der Waals surface area contributed by atoms with Gasteiger partial charge in [-0.3, -0.25) is 9.48 Å². The van der Waals surface area contributed by atoms with Crippen LogP contribution >= 0.6 is 0 Å². The number of carbonyl (C=O) groups is 1. The van der Waals surface area contributed by atoms with E-state index in [1.807, 2.05) is 34.7 Å². The zero-order chi connectivity index (χ0) is 15.4. The summed E-state index contributed by atoms with van der Waals surface area (Å²) in [5.41, 5.74) is 7.64. The lowest BCUT2D eigenvalue weighted by atomic mass is 10.1. The standard InChI is InChI=1S/C13H23N5O2/c1-8(2)18(7-6-11(14)16-20)13(19)12-9(3)15-17(5)10(12)4/h8,20H,6-7H2,1-5H3,(H2,14,16). The molecule has 0 atom stereocenters. The lowest BCUT2D eigenvalue weighted by Crippen LogP contribution is -2.39. The van der Waals surface area contributed by atoms with E-state index >= 15 is 0 Å². The number of hydrogen-bond acceptors (Lipinski definition) is 4. The third kappa shape index (κ3) is 3.28. The number of carbonyl (C=O) groups excluding carboxylic acids is 1. The van der Waals surface area contributed by atoms with E-state index in [4.69, 9.17) is 10.9 Å². The van der Waals surface area contributed by atoms with Gasteiger partial charge in [0, 0.05) is 31.7 Å². The van der Waals surface area contributed by atoms with Crippen molar-refractivity contribution in [2.24, 2.45) is 17.9 Å². The number of aromatic nitrogens is 2. The molecule has 7 heteroatoms. The number of aryl methyl sites for hydroxylation is 2. The summed E-state index contributed by atoms with van der Waals surface area (Å²) in [5.74, 6) is 0.0388. The van der Waals surface area contributed by atoms with E-state index in [1.165, 1.54) is 0 Å². The highest BCUT2D eigenvalue weighted by atomic mass is 16.4. The monoisotopic (exact) mass is 281 g/mol. The minimum absolute atomic E-state index is 0.0213. The lowest BCUT2D eigenvalue weighted by molar-refractivity contribution is 0.0709. The van der Waals surface area contributed by atoms with Crippen molar-refractivity contribution in [1.29, 1.82) is 0 Å². The quantitative estimate of drug-likeness (QED) is 0.364. The Morgan fingerprint density at radius 2 is 2.10 bits per heavy atom. The van der Waals surface area contributed by atoms with Gasteiger partial charge in [-0.15, -0.1) is 0 Å². The largest absolute Gasteiger partial charge is 0.409 e. The van der Waals surface area contributed by atoms with Crippen molar-refractivity contribution >= 4 is 11.7 Å². The second kappa shape index (κ2) is 6.40. The van der Waals surface area contributed by atoms with Crippen molar-refractivity contribution in [1.82, 2.24) is 14.7 Å². The molecule has 1 rings (SSSR count). The van der Waals surface area contributed by atoms with Crippen LogP contribution in [0.3, 0.4) is 0 Å². The Bertz CT molecular complexity index is 519. The first-order chi connectivity index (χ1) is 9.29. The van der Waals surface area contributed by atoms with E-state index in [0.29, 0.717) is 24.2 Å². The highest BCUT2D eigenvalue weighted by Gasteiger charge is 2.24. The molecule has 20 heavy (non-hydrogen) atoms. The minimum Gasteiger partial charge on any atom is -0.409 e. The molecule has 1 aromatic heterocycles. The molecular weight excluding hydrogens is 258 g/mol. The Morgan fingerprint density at radius 1 is 1.50 bits per heavy atom. The maximum Gasteiger partial charge on any atom is 0.257 e. The molecule has 0 aliphatic rings. The summed E-state index contributed by atoms with van der Waals surface area (Å²) in [7, 11) is 1.81. The van der Waals surface area contributed by atoms with Crippen LogP contribution in [0.15, 0.2) is 5.16 Å². The molecule has 7 nitrogen and oxygen atoms in total. The van der Waals surface area contributed by atoms with Crippen molar-refractivity contribution in [2.75, 3.05) is 6.54 Å². The molecule has 0 spiro atoms. The van der Waals surface area contributed by atoms with Crippen LogP contribution in [0, 0.1) is 13.8 Å². The molecule has 0 unspecified atom stereocenters. The fourth-order valence-electron chi connectivity index (χ4n) is 2.11. The summed E-state index contributed by atoms with van der Waals surface area (Å²) in [6.07, 6.45) is 0.332. The predicted octanol–water partition coefficient (Wildman–Crippen LogP) is 1.02. The van der Waals surface area contributed by atoms with Crippen LogP contribution in [0.5, 0.6) is 0 Å². The number of rotatable bonds is 5. The lowest BCUT2D eigenvalue weighted by Gasteiger charge is -2.26. The van der Waals surface area contributed by atoms with E-state index in [1.54, 1.807) is 9.58 Å². The van der Waals surface area contributed by atoms with E-state index in [0.717, 1.165) is 5.69 Å². The van der Waals surface area contributed by atoms with Crippen molar-refractivity contribution < 1.29 is 10.0 Å². The smallest absolute Gasteiger partial charge is 0.257 e. The van der Waals surface area contributed by atoms with Gasteiger partial charge < -0.3 is 15.8 Å². The molecule has 0 aromatic carbocycles. The second-order valence-electron chi connectivity index (χ2n) is 5.10. The van der Waals surface area contributed by atoms with Gasteiger partial charge in [-0.05, 0) is 27.7 Å². The van der Waals surface area contributed by atoms with E-state index in [-0.39, 0.29) is 17.8 Å². The van der Waals surface area contributed by atoms with Crippen LogP contribution in [0.4, 0.5) is 0 Å². The predicted molar refractivity (Wildman–Crippen MR) is 76.9 cm³/mol. The first-order valence-electron chi connectivity index (χ1n) is 6.57. The Balaban J connectivity index is 3.00. The highest BCUT2D eigenvalue weighted by molar-refractivity contribution is 5.96. The summed E-state index contributed by atoms with van der Waals surface area (Å²) in [6, 6.07) is 0.0213. The molecule has 0 aliphatic carbocycles. The first-order valence-corrected chi connectivity index (χ1v) is 6.57. The summed E-state index contributed by atoms with van der Waals surface area (Å²) in [5, 5.41) is 15.8. The molecule has 1 amide bonds. The van der Waals surface area contributed by atoms with Gasteiger partial charge in [0.25, 0.3) is 5.91 Å². The van der Waals surface area contributed by atoms with Gasteiger partial charge in [0.2, 0.25) is 0 Å². The van der Waals surface area contributed by atoms with Gasteiger partial charge in [0.05, 0.1) is 11.3 Å². The van der Waals surface area contributed by atoms with Gasteiger partial charge in [-0.2, -0.15) is 5.10 Å². The van der Waals surface area contributed by atoms with Gasteiger partial charge >= 0.3 is 0 Å². The van der Waals surface area contributed by atoms with E-state index in [9.17, 15) is 4.79 Å². The van der Waals surface area contributed by atoms with Crippen molar-refractivity contribution in [3.8, 4) is 0 Å². The van der Waals surface area contributed by atoms with Gasteiger partial charge in [-0.1, -0.05) is 5.16 Å². The molecule has 0 aliphatic heterocycles.